The van der Waals surface area contributed by atoms with Gasteiger partial charge in [-0.2, -0.15) is 16.8 Å². The fraction of sp³-hybridized carbons (Fsp3) is 0. The third-order valence-corrected chi connectivity index (χ3v) is 3.67. The third-order valence-electron chi connectivity index (χ3n) is 2.00. The van der Waals surface area contributed by atoms with Crippen LogP contribution < -0.4 is 0 Å². The molecule has 96 valence electrons. The minimum atomic E-state index is -4.92. The van der Waals surface area contributed by atoms with E-state index >= 15 is 0 Å². The van der Waals surface area contributed by atoms with Crippen molar-refractivity contribution in [3.05, 3.63) is 24.3 Å². The van der Waals surface area contributed by atoms with Gasteiger partial charge in [0.15, 0.2) is 0 Å². The minimum absolute atomic E-state index is 0.0672. The average molecular weight is 290 g/mol. The molecule has 0 atom stereocenters. The van der Waals surface area contributed by atoms with Gasteiger partial charge in [-0.1, -0.05) is 12.1 Å². The van der Waals surface area contributed by atoms with Gasteiger partial charge in [0.1, 0.15) is 0 Å². The van der Waals surface area contributed by atoms with Crippen LogP contribution in [-0.4, -0.2) is 35.9 Å². The molecule has 2 rings (SSSR count). The second-order valence-electron chi connectivity index (χ2n) is 3.27. The van der Waals surface area contributed by atoms with E-state index in [-0.39, 0.29) is 11.0 Å². The average Bonchev–Trinajstić information content (AvgIpc) is 2.25. The highest BCUT2D eigenvalue weighted by molar-refractivity contribution is 7.88. The van der Waals surface area contributed by atoms with E-state index in [1.54, 1.807) is 0 Å². The Morgan fingerprint density at radius 1 is 0.778 bits per heavy atom. The number of benzene rings is 1. The summed E-state index contributed by atoms with van der Waals surface area (Å²) in [5.74, 6) is 0. The molecule has 0 amide bonds. The molecule has 18 heavy (non-hydrogen) atoms. The summed E-state index contributed by atoms with van der Waals surface area (Å²) in [5, 5.41) is -2.41. The molecular formula is C8H6N2O6S2. The fourth-order valence-corrected chi connectivity index (χ4v) is 2.90. The lowest BCUT2D eigenvalue weighted by Crippen LogP contribution is -2.13. The molecular weight excluding hydrogens is 284 g/mol. The molecule has 8 nitrogen and oxygen atoms in total. The lowest BCUT2D eigenvalue weighted by atomic mass is 10.3. The van der Waals surface area contributed by atoms with Crippen LogP contribution in [0.2, 0.25) is 0 Å². The first-order valence-corrected chi connectivity index (χ1v) is 7.29. The summed E-state index contributed by atoms with van der Waals surface area (Å²) in [6.45, 7) is 0. The molecule has 0 unspecified atom stereocenters. The molecule has 0 aliphatic heterocycles. The van der Waals surface area contributed by atoms with Crippen molar-refractivity contribution in [2.45, 2.75) is 10.1 Å². The molecule has 0 saturated heterocycles. The first kappa shape index (κ1) is 12.8. The number of aromatic nitrogens is 2. The van der Waals surface area contributed by atoms with Crippen LogP contribution in [0.1, 0.15) is 0 Å². The lowest BCUT2D eigenvalue weighted by Gasteiger charge is -2.04. The predicted molar refractivity (Wildman–Crippen MR) is 59.2 cm³/mol. The third kappa shape index (κ3) is 2.31. The van der Waals surface area contributed by atoms with E-state index in [9.17, 15) is 16.8 Å². The molecule has 0 radical (unpaired) electrons. The van der Waals surface area contributed by atoms with Crippen molar-refractivity contribution in [1.29, 1.82) is 0 Å². The second kappa shape index (κ2) is 3.95. The van der Waals surface area contributed by atoms with E-state index in [1.807, 2.05) is 0 Å². The summed E-state index contributed by atoms with van der Waals surface area (Å²) in [6.07, 6.45) is 0. The fourth-order valence-electron chi connectivity index (χ4n) is 1.30. The molecule has 1 aromatic carbocycles. The van der Waals surface area contributed by atoms with E-state index in [1.165, 1.54) is 24.3 Å². The van der Waals surface area contributed by atoms with Gasteiger partial charge in [0.25, 0.3) is 0 Å². The Morgan fingerprint density at radius 2 is 1.11 bits per heavy atom. The summed E-state index contributed by atoms with van der Waals surface area (Å²) in [4.78, 5) is 6.95. The van der Waals surface area contributed by atoms with E-state index in [0.717, 1.165) is 0 Å². The number of nitrogens with zero attached hydrogens (tertiary/aromatic N) is 2. The zero-order valence-corrected chi connectivity index (χ0v) is 10.2. The Morgan fingerprint density at radius 3 is 1.39 bits per heavy atom. The molecule has 0 fully saturated rings. The monoisotopic (exact) mass is 290 g/mol. The van der Waals surface area contributed by atoms with Gasteiger partial charge in [0.2, 0.25) is 10.1 Å². The Bertz CT molecular complexity index is 757. The number of hydrogen-bond acceptors (Lipinski definition) is 6. The first-order chi connectivity index (χ1) is 8.19. The smallest absolute Gasteiger partial charge is 0.281 e. The summed E-state index contributed by atoms with van der Waals surface area (Å²) >= 11 is 0. The Kier molecular flexibility index (Phi) is 2.81. The molecule has 0 aliphatic rings. The maximum atomic E-state index is 11.0. The molecule has 0 bridgehead atoms. The largest absolute Gasteiger partial charge is 0.315 e. The van der Waals surface area contributed by atoms with Gasteiger partial charge in [0, 0.05) is 0 Å². The molecule has 0 aliphatic carbocycles. The van der Waals surface area contributed by atoms with E-state index in [0.29, 0.717) is 0 Å². The zero-order valence-electron chi connectivity index (χ0n) is 8.55. The van der Waals surface area contributed by atoms with Gasteiger partial charge in [0.05, 0.1) is 11.0 Å². The van der Waals surface area contributed by atoms with Crippen LogP contribution >= 0.6 is 0 Å². The van der Waals surface area contributed by atoms with E-state index in [2.05, 4.69) is 9.97 Å². The van der Waals surface area contributed by atoms with E-state index in [4.69, 9.17) is 9.11 Å². The van der Waals surface area contributed by atoms with Crippen molar-refractivity contribution in [2.24, 2.45) is 0 Å². The van der Waals surface area contributed by atoms with Crippen molar-refractivity contribution in [2.75, 3.05) is 0 Å². The maximum Gasteiger partial charge on any atom is 0.315 e. The molecule has 1 heterocycles. The zero-order chi connectivity index (χ0) is 13.6. The highest BCUT2D eigenvalue weighted by atomic mass is 32.2. The number of para-hydroxylation sites is 2. The maximum absolute atomic E-state index is 11.0. The number of rotatable bonds is 2. The molecule has 2 aromatic rings. The van der Waals surface area contributed by atoms with Gasteiger partial charge in [-0.05, 0) is 12.1 Å². The predicted octanol–water partition coefficient (Wildman–Crippen LogP) is 0.123. The minimum Gasteiger partial charge on any atom is -0.281 e. The Hall–Kier alpha value is -1.62. The second-order valence-corrected chi connectivity index (χ2v) is 5.95. The van der Waals surface area contributed by atoms with Crippen LogP contribution in [0.4, 0.5) is 0 Å². The summed E-state index contributed by atoms with van der Waals surface area (Å²) < 4.78 is 61.9. The topological polar surface area (TPSA) is 135 Å². The quantitative estimate of drug-likeness (QED) is 0.745. The Balaban J connectivity index is 2.99. The Labute approximate surface area is 102 Å². The van der Waals surface area contributed by atoms with Crippen LogP contribution in [0.3, 0.4) is 0 Å². The summed E-state index contributed by atoms with van der Waals surface area (Å²) in [6, 6.07) is 5.81. The van der Waals surface area contributed by atoms with E-state index < -0.39 is 30.3 Å². The first-order valence-electron chi connectivity index (χ1n) is 4.41. The lowest BCUT2D eigenvalue weighted by molar-refractivity contribution is 0.458. The van der Waals surface area contributed by atoms with Gasteiger partial charge in [-0.25, -0.2) is 9.97 Å². The number of hydrogen-bond donors (Lipinski definition) is 2. The highest BCUT2D eigenvalue weighted by Gasteiger charge is 2.28. The van der Waals surface area contributed by atoms with Gasteiger partial charge < -0.3 is 0 Å². The van der Waals surface area contributed by atoms with Crippen LogP contribution in [0, 0.1) is 0 Å². The molecule has 0 saturated carbocycles. The van der Waals surface area contributed by atoms with Gasteiger partial charge in [-0.15, -0.1) is 0 Å². The van der Waals surface area contributed by atoms with Gasteiger partial charge in [-0.3, -0.25) is 9.11 Å². The van der Waals surface area contributed by atoms with Crippen molar-refractivity contribution < 1.29 is 25.9 Å². The van der Waals surface area contributed by atoms with Crippen molar-refractivity contribution in [1.82, 2.24) is 9.97 Å². The standard InChI is InChI=1S/C8H6N2O6S2/c11-17(12,13)7-8(18(14,15)16)10-6-4-2-1-3-5(6)9-7/h1-4H,(H,11,12,13)(H,14,15,16). The van der Waals surface area contributed by atoms with Crippen LogP contribution in [0.5, 0.6) is 0 Å². The normalized spacial score (nSPS) is 12.8. The SMILES string of the molecule is O=S(=O)(O)c1nc2ccccc2nc1S(=O)(=O)O. The van der Waals surface area contributed by atoms with Crippen LogP contribution in [0.15, 0.2) is 34.3 Å². The van der Waals surface area contributed by atoms with Crippen molar-refractivity contribution in [3.8, 4) is 0 Å². The van der Waals surface area contributed by atoms with Gasteiger partial charge >= 0.3 is 20.2 Å². The molecule has 0 spiro atoms. The molecule has 2 N–H and O–H groups in total. The van der Waals surface area contributed by atoms with Crippen LogP contribution in [-0.2, 0) is 20.2 Å². The molecule has 1 aromatic heterocycles. The number of fused-ring (bicyclic) bond motifs is 1. The van der Waals surface area contributed by atoms with Crippen molar-refractivity contribution >= 4 is 31.3 Å². The summed E-state index contributed by atoms with van der Waals surface area (Å²) in [7, 11) is -9.84. The van der Waals surface area contributed by atoms with Crippen LogP contribution in [0.25, 0.3) is 11.0 Å². The highest BCUT2D eigenvalue weighted by Crippen LogP contribution is 2.20. The summed E-state index contributed by atoms with van der Waals surface area (Å²) in [5.41, 5.74) is 0.134. The van der Waals surface area contributed by atoms with Crippen molar-refractivity contribution in [3.63, 3.8) is 0 Å². The molecule has 10 heteroatoms.